The van der Waals surface area contributed by atoms with Crippen LogP contribution < -0.4 is 0 Å². The summed E-state index contributed by atoms with van der Waals surface area (Å²) >= 11 is 5.99. The minimum absolute atomic E-state index is 0.712. The SMILES string of the molecule is Clc1ccc2ccc(/C=C/c3ccccc3)nc2c1. The van der Waals surface area contributed by atoms with E-state index in [0.717, 1.165) is 22.2 Å². The first kappa shape index (κ1) is 11.9. The van der Waals surface area contributed by atoms with Gasteiger partial charge >= 0.3 is 0 Å². The molecule has 0 aliphatic heterocycles. The maximum atomic E-state index is 5.99. The van der Waals surface area contributed by atoms with Crippen molar-refractivity contribution in [2.75, 3.05) is 0 Å². The number of pyridine rings is 1. The maximum Gasteiger partial charge on any atom is 0.0724 e. The first-order valence-electron chi connectivity index (χ1n) is 6.11. The van der Waals surface area contributed by atoms with Crippen LogP contribution in [0.4, 0.5) is 0 Å². The Kier molecular flexibility index (Phi) is 3.30. The van der Waals surface area contributed by atoms with E-state index in [1.165, 1.54) is 0 Å². The number of halogens is 1. The van der Waals surface area contributed by atoms with E-state index in [1.54, 1.807) is 0 Å². The van der Waals surface area contributed by atoms with Gasteiger partial charge in [-0.2, -0.15) is 0 Å². The quantitative estimate of drug-likeness (QED) is 0.631. The number of benzene rings is 2. The Morgan fingerprint density at radius 2 is 1.63 bits per heavy atom. The molecule has 0 unspecified atom stereocenters. The average molecular weight is 266 g/mol. The van der Waals surface area contributed by atoms with Gasteiger partial charge in [0.25, 0.3) is 0 Å². The molecule has 1 nitrogen and oxygen atoms in total. The van der Waals surface area contributed by atoms with Crippen LogP contribution in [0, 0.1) is 0 Å². The summed E-state index contributed by atoms with van der Waals surface area (Å²) in [4.78, 5) is 4.58. The summed E-state index contributed by atoms with van der Waals surface area (Å²) in [6.45, 7) is 0. The smallest absolute Gasteiger partial charge is 0.0724 e. The summed E-state index contributed by atoms with van der Waals surface area (Å²) in [7, 11) is 0. The lowest BCUT2D eigenvalue weighted by atomic mass is 10.1. The summed E-state index contributed by atoms with van der Waals surface area (Å²) in [6, 6.07) is 20.0. The lowest BCUT2D eigenvalue weighted by molar-refractivity contribution is 1.37. The predicted molar refractivity (Wildman–Crippen MR) is 82.1 cm³/mol. The molecule has 0 aliphatic rings. The van der Waals surface area contributed by atoms with E-state index in [1.807, 2.05) is 48.5 Å². The second kappa shape index (κ2) is 5.25. The zero-order chi connectivity index (χ0) is 13.1. The molecule has 0 spiro atoms. The molecular weight excluding hydrogens is 254 g/mol. The van der Waals surface area contributed by atoms with Crippen molar-refractivity contribution in [2.45, 2.75) is 0 Å². The third-order valence-electron chi connectivity index (χ3n) is 2.92. The van der Waals surface area contributed by atoms with E-state index < -0.39 is 0 Å². The van der Waals surface area contributed by atoms with Gasteiger partial charge in [-0.15, -0.1) is 0 Å². The number of nitrogens with zero attached hydrogens (tertiary/aromatic N) is 1. The fraction of sp³-hybridized carbons (Fsp3) is 0. The standard InChI is InChI=1S/C17H12ClN/c18-15-9-7-14-8-11-16(19-17(14)12-15)10-6-13-4-2-1-3-5-13/h1-12H/b10-6+. The molecule has 0 N–H and O–H groups in total. The van der Waals surface area contributed by atoms with Crippen LogP contribution in [-0.4, -0.2) is 4.98 Å². The van der Waals surface area contributed by atoms with Crippen LogP contribution in [0.2, 0.25) is 5.02 Å². The lowest BCUT2D eigenvalue weighted by Gasteiger charge is -1.99. The highest BCUT2D eigenvalue weighted by Crippen LogP contribution is 2.18. The van der Waals surface area contributed by atoms with Crippen molar-refractivity contribution in [1.29, 1.82) is 0 Å². The fourth-order valence-corrected chi connectivity index (χ4v) is 2.11. The van der Waals surface area contributed by atoms with E-state index in [9.17, 15) is 0 Å². The highest BCUT2D eigenvalue weighted by atomic mass is 35.5. The summed E-state index contributed by atoms with van der Waals surface area (Å²) < 4.78 is 0. The Bertz CT molecular complexity index is 733. The monoisotopic (exact) mass is 265 g/mol. The Morgan fingerprint density at radius 1 is 0.842 bits per heavy atom. The van der Waals surface area contributed by atoms with Crippen molar-refractivity contribution >= 4 is 34.7 Å². The van der Waals surface area contributed by atoms with Crippen LogP contribution in [0.25, 0.3) is 23.1 Å². The van der Waals surface area contributed by atoms with Crippen LogP contribution in [-0.2, 0) is 0 Å². The molecule has 3 aromatic rings. The first-order chi connectivity index (χ1) is 9.31. The number of aromatic nitrogens is 1. The number of hydrogen-bond acceptors (Lipinski definition) is 1. The summed E-state index contributed by atoms with van der Waals surface area (Å²) in [6.07, 6.45) is 4.06. The molecule has 2 heteroatoms. The van der Waals surface area contributed by atoms with E-state index in [2.05, 4.69) is 29.3 Å². The second-order valence-corrected chi connectivity index (χ2v) is 4.75. The predicted octanol–water partition coefficient (Wildman–Crippen LogP) is 5.06. The molecule has 3 rings (SSSR count). The van der Waals surface area contributed by atoms with Crippen LogP contribution >= 0.6 is 11.6 Å². The highest BCUT2D eigenvalue weighted by molar-refractivity contribution is 6.31. The Morgan fingerprint density at radius 3 is 2.47 bits per heavy atom. The van der Waals surface area contributed by atoms with E-state index in [4.69, 9.17) is 11.6 Å². The number of hydrogen-bond donors (Lipinski definition) is 0. The van der Waals surface area contributed by atoms with Gasteiger partial charge in [0, 0.05) is 10.4 Å². The molecule has 0 amide bonds. The van der Waals surface area contributed by atoms with Crippen LogP contribution in [0.5, 0.6) is 0 Å². The van der Waals surface area contributed by atoms with Crippen LogP contribution in [0.3, 0.4) is 0 Å². The van der Waals surface area contributed by atoms with Gasteiger partial charge in [0.1, 0.15) is 0 Å². The molecule has 0 saturated heterocycles. The topological polar surface area (TPSA) is 12.9 Å². The molecule has 1 aromatic heterocycles. The van der Waals surface area contributed by atoms with Gasteiger partial charge in [-0.05, 0) is 29.8 Å². The first-order valence-corrected chi connectivity index (χ1v) is 6.48. The van der Waals surface area contributed by atoms with Gasteiger partial charge < -0.3 is 0 Å². The van der Waals surface area contributed by atoms with Gasteiger partial charge in [0.05, 0.1) is 11.2 Å². The molecule has 92 valence electrons. The van der Waals surface area contributed by atoms with Gasteiger partial charge in [0.15, 0.2) is 0 Å². The van der Waals surface area contributed by atoms with E-state index >= 15 is 0 Å². The van der Waals surface area contributed by atoms with Gasteiger partial charge in [-0.3, -0.25) is 0 Å². The van der Waals surface area contributed by atoms with Crippen molar-refractivity contribution in [1.82, 2.24) is 4.98 Å². The molecule has 1 heterocycles. The zero-order valence-corrected chi connectivity index (χ0v) is 11.0. The minimum atomic E-state index is 0.712. The second-order valence-electron chi connectivity index (χ2n) is 4.32. The van der Waals surface area contributed by atoms with Crippen molar-refractivity contribution in [2.24, 2.45) is 0 Å². The van der Waals surface area contributed by atoms with Crippen LogP contribution in [0.1, 0.15) is 11.3 Å². The molecule has 0 atom stereocenters. The number of fused-ring (bicyclic) bond motifs is 1. The van der Waals surface area contributed by atoms with Crippen molar-refractivity contribution in [3.05, 3.63) is 76.9 Å². The summed E-state index contributed by atoms with van der Waals surface area (Å²) in [5, 5.41) is 1.81. The number of rotatable bonds is 2. The van der Waals surface area contributed by atoms with E-state index in [0.29, 0.717) is 5.02 Å². The molecule has 19 heavy (non-hydrogen) atoms. The highest BCUT2D eigenvalue weighted by Gasteiger charge is 1.97. The maximum absolute atomic E-state index is 5.99. The summed E-state index contributed by atoms with van der Waals surface area (Å²) in [5.41, 5.74) is 3.01. The van der Waals surface area contributed by atoms with Gasteiger partial charge in [-0.25, -0.2) is 4.98 Å². The molecule has 2 aromatic carbocycles. The van der Waals surface area contributed by atoms with Crippen molar-refractivity contribution < 1.29 is 0 Å². The molecule has 0 saturated carbocycles. The molecular formula is C17H12ClN. The molecule has 0 fully saturated rings. The normalized spacial score (nSPS) is 11.2. The third kappa shape index (κ3) is 2.83. The molecule has 0 aliphatic carbocycles. The Balaban J connectivity index is 1.95. The molecule has 0 bridgehead atoms. The third-order valence-corrected chi connectivity index (χ3v) is 3.16. The largest absolute Gasteiger partial charge is 0.248 e. The van der Waals surface area contributed by atoms with Crippen molar-refractivity contribution in [3.63, 3.8) is 0 Å². The Labute approximate surface area is 117 Å². The Hall–Kier alpha value is -2.12. The van der Waals surface area contributed by atoms with Gasteiger partial charge in [-0.1, -0.05) is 60.1 Å². The summed E-state index contributed by atoms with van der Waals surface area (Å²) in [5.74, 6) is 0. The fourth-order valence-electron chi connectivity index (χ4n) is 1.94. The lowest BCUT2D eigenvalue weighted by Crippen LogP contribution is -1.83. The van der Waals surface area contributed by atoms with Crippen molar-refractivity contribution in [3.8, 4) is 0 Å². The zero-order valence-electron chi connectivity index (χ0n) is 10.3. The average Bonchev–Trinajstić information content (AvgIpc) is 2.46. The minimum Gasteiger partial charge on any atom is -0.248 e. The van der Waals surface area contributed by atoms with Gasteiger partial charge in [0.2, 0.25) is 0 Å². The molecule has 0 radical (unpaired) electrons. The van der Waals surface area contributed by atoms with E-state index in [-0.39, 0.29) is 0 Å². The van der Waals surface area contributed by atoms with Crippen LogP contribution in [0.15, 0.2) is 60.7 Å².